The highest BCUT2D eigenvalue weighted by Crippen LogP contribution is 2.24. The third-order valence-electron chi connectivity index (χ3n) is 3.88. The standard InChI is InChI=1S/C19H14BrF4N3O2/c1-11-8-17(26-27(11)10-12-2-7-16(21)15(20)9-12)18(28)25-13-3-5-14(6-4-13)29-19(22,23)24/h2-9H,10H2,1H3,(H,25,28). The van der Waals surface area contributed by atoms with Gasteiger partial charge in [-0.1, -0.05) is 6.07 Å². The molecule has 0 unspecified atom stereocenters. The molecule has 0 bridgehead atoms. The molecule has 0 saturated heterocycles. The summed E-state index contributed by atoms with van der Waals surface area (Å²) in [5.74, 6) is -1.28. The van der Waals surface area contributed by atoms with Gasteiger partial charge in [0.2, 0.25) is 0 Å². The lowest BCUT2D eigenvalue weighted by Crippen LogP contribution is -2.17. The molecule has 0 atom stereocenters. The summed E-state index contributed by atoms with van der Waals surface area (Å²) in [5, 5.41) is 6.80. The number of halogens is 5. The molecule has 0 radical (unpaired) electrons. The summed E-state index contributed by atoms with van der Waals surface area (Å²) < 4.78 is 55.6. The first-order chi connectivity index (χ1) is 13.6. The van der Waals surface area contributed by atoms with Crippen LogP contribution in [-0.4, -0.2) is 22.1 Å². The summed E-state index contributed by atoms with van der Waals surface area (Å²) in [6, 6.07) is 10.9. The fourth-order valence-corrected chi connectivity index (χ4v) is 2.95. The highest BCUT2D eigenvalue weighted by atomic mass is 79.9. The number of nitrogens with zero attached hydrogens (tertiary/aromatic N) is 2. The van der Waals surface area contributed by atoms with Gasteiger partial charge in [-0.2, -0.15) is 5.10 Å². The van der Waals surface area contributed by atoms with Gasteiger partial charge in [-0.05, 0) is 70.9 Å². The van der Waals surface area contributed by atoms with Crippen molar-refractivity contribution in [3.63, 3.8) is 0 Å². The zero-order valence-corrected chi connectivity index (χ0v) is 16.5. The third-order valence-corrected chi connectivity index (χ3v) is 4.48. The fraction of sp³-hybridized carbons (Fsp3) is 0.158. The van der Waals surface area contributed by atoms with Gasteiger partial charge in [0.1, 0.15) is 11.6 Å². The smallest absolute Gasteiger partial charge is 0.406 e. The van der Waals surface area contributed by atoms with Crippen molar-refractivity contribution in [1.29, 1.82) is 0 Å². The van der Waals surface area contributed by atoms with Crippen LogP contribution >= 0.6 is 15.9 Å². The Bertz CT molecular complexity index is 1030. The van der Waals surface area contributed by atoms with Gasteiger partial charge >= 0.3 is 6.36 Å². The molecule has 0 aliphatic heterocycles. The molecule has 3 aromatic rings. The number of aryl methyl sites for hydroxylation is 1. The average molecular weight is 472 g/mol. The van der Waals surface area contributed by atoms with Crippen LogP contribution in [-0.2, 0) is 6.54 Å². The van der Waals surface area contributed by atoms with E-state index in [1.807, 2.05) is 0 Å². The van der Waals surface area contributed by atoms with Gasteiger partial charge in [-0.3, -0.25) is 9.48 Å². The first-order valence-electron chi connectivity index (χ1n) is 8.26. The van der Waals surface area contributed by atoms with Crippen LogP contribution in [0.2, 0.25) is 0 Å². The minimum atomic E-state index is -4.78. The Morgan fingerprint density at radius 1 is 1.17 bits per heavy atom. The third kappa shape index (κ3) is 5.57. The summed E-state index contributed by atoms with van der Waals surface area (Å²) in [6.45, 7) is 2.10. The van der Waals surface area contributed by atoms with E-state index in [0.717, 1.165) is 17.7 Å². The molecule has 0 fully saturated rings. The van der Waals surface area contributed by atoms with Gasteiger partial charge < -0.3 is 10.1 Å². The number of rotatable bonds is 5. The van der Waals surface area contributed by atoms with E-state index in [2.05, 4.69) is 31.1 Å². The van der Waals surface area contributed by atoms with Crippen LogP contribution < -0.4 is 10.1 Å². The Kier molecular flexibility index (Phi) is 5.92. The molecule has 0 aliphatic rings. The van der Waals surface area contributed by atoms with Crippen LogP contribution in [0.25, 0.3) is 0 Å². The van der Waals surface area contributed by atoms with Crippen molar-refractivity contribution in [2.24, 2.45) is 0 Å². The monoisotopic (exact) mass is 471 g/mol. The van der Waals surface area contributed by atoms with E-state index in [-0.39, 0.29) is 17.3 Å². The predicted molar refractivity (Wildman–Crippen MR) is 101 cm³/mol. The maximum absolute atomic E-state index is 13.4. The first-order valence-corrected chi connectivity index (χ1v) is 9.05. The van der Waals surface area contributed by atoms with Gasteiger partial charge in [0.05, 0.1) is 11.0 Å². The lowest BCUT2D eigenvalue weighted by molar-refractivity contribution is -0.274. The number of aromatic nitrogens is 2. The van der Waals surface area contributed by atoms with E-state index in [1.54, 1.807) is 29.8 Å². The van der Waals surface area contributed by atoms with Gasteiger partial charge in [0.25, 0.3) is 5.91 Å². The quantitative estimate of drug-likeness (QED) is 0.514. The Hall–Kier alpha value is -2.88. The summed E-state index contributed by atoms with van der Waals surface area (Å²) in [4.78, 5) is 12.4. The molecule has 3 rings (SSSR count). The number of hydrogen-bond donors (Lipinski definition) is 1. The van der Waals surface area contributed by atoms with Gasteiger partial charge in [0, 0.05) is 11.4 Å². The number of amides is 1. The highest BCUT2D eigenvalue weighted by molar-refractivity contribution is 9.10. The van der Waals surface area contributed by atoms with Crippen molar-refractivity contribution in [2.75, 3.05) is 5.32 Å². The number of alkyl halides is 3. The Balaban J connectivity index is 1.68. The molecule has 29 heavy (non-hydrogen) atoms. The zero-order valence-electron chi connectivity index (χ0n) is 14.9. The molecular formula is C19H14BrF4N3O2. The maximum atomic E-state index is 13.4. The van der Waals surface area contributed by atoms with Crippen LogP contribution in [0.5, 0.6) is 5.75 Å². The van der Waals surface area contributed by atoms with E-state index in [4.69, 9.17) is 0 Å². The molecular weight excluding hydrogens is 458 g/mol. The second-order valence-electron chi connectivity index (χ2n) is 6.10. The number of carbonyl (C=O) groups excluding carboxylic acids is 1. The number of ether oxygens (including phenoxy) is 1. The second-order valence-corrected chi connectivity index (χ2v) is 6.96. The number of nitrogens with one attached hydrogen (secondary N) is 1. The van der Waals surface area contributed by atoms with Crippen molar-refractivity contribution in [3.8, 4) is 5.75 Å². The molecule has 0 spiro atoms. The van der Waals surface area contributed by atoms with Crippen molar-refractivity contribution in [2.45, 2.75) is 19.8 Å². The maximum Gasteiger partial charge on any atom is 0.573 e. The van der Waals surface area contributed by atoms with Crippen molar-refractivity contribution < 1.29 is 27.1 Å². The van der Waals surface area contributed by atoms with E-state index >= 15 is 0 Å². The van der Waals surface area contributed by atoms with Crippen LogP contribution in [0.1, 0.15) is 21.7 Å². The van der Waals surface area contributed by atoms with Gasteiger partial charge in [-0.25, -0.2) is 4.39 Å². The molecule has 0 saturated carbocycles. The topological polar surface area (TPSA) is 56.1 Å². The van der Waals surface area contributed by atoms with E-state index in [1.165, 1.54) is 18.2 Å². The number of benzene rings is 2. The molecule has 1 aromatic heterocycles. The van der Waals surface area contributed by atoms with E-state index in [9.17, 15) is 22.4 Å². The van der Waals surface area contributed by atoms with Crippen molar-refractivity contribution in [1.82, 2.24) is 9.78 Å². The fourth-order valence-electron chi connectivity index (χ4n) is 2.53. The SMILES string of the molecule is Cc1cc(C(=O)Nc2ccc(OC(F)(F)F)cc2)nn1Cc1ccc(F)c(Br)c1. The Labute approximate surface area is 171 Å². The minimum absolute atomic E-state index is 0.138. The van der Waals surface area contributed by atoms with E-state index < -0.39 is 12.3 Å². The zero-order chi connectivity index (χ0) is 21.2. The van der Waals surface area contributed by atoms with Gasteiger partial charge in [-0.15, -0.1) is 13.2 Å². The summed E-state index contributed by atoms with van der Waals surface area (Å²) in [5.41, 5.74) is 1.93. The largest absolute Gasteiger partial charge is 0.573 e. The lowest BCUT2D eigenvalue weighted by atomic mass is 10.2. The minimum Gasteiger partial charge on any atom is -0.406 e. The molecule has 5 nitrogen and oxygen atoms in total. The predicted octanol–water partition coefficient (Wildman–Crippen LogP) is 5.29. The molecule has 1 amide bonds. The number of anilines is 1. The Morgan fingerprint density at radius 3 is 2.48 bits per heavy atom. The second kappa shape index (κ2) is 8.24. The van der Waals surface area contributed by atoms with E-state index in [0.29, 0.717) is 22.4 Å². The molecule has 2 aromatic carbocycles. The molecule has 1 N–H and O–H groups in total. The molecule has 152 valence electrons. The molecule has 0 aliphatic carbocycles. The number of hydrogen-bond acceptors (Lipinski definition) is 3. The van der Waals surface area contributed by atoms with Crippen LogP contribution in [0, 0.1) is 12.7 Å². The van der Waals surface area contributed by atoms with Crippen LogP contribution in [0.3, 0.4) is 0 Å². The Morgan fingerprint density at radius 2 is 1.86 bits per heavy atom. The molecule has 10 heteroatoms. The van der Waals surface area contributed by atoms with Gasteiger partial charge in [0.15, 0.2) is 5.69 Å². The lowest BCUT2D eigenvalue weighted by Gasteiger charge is -2.09. The normalized spacial score (nSPS) is 11.4. The summed E-state index contributed by atoms with van der Waals surface area (Å²) in [7, 11) is 0. The summed E-state index contributed by atoms with van der Waals surface area (Å²) >= 11 is 3.12. The van der Waals surface area contributed by atoms with Crippen LogP contribution in [0.4, 0.5) is 23.2 Å². The highest BCUT2D eigenvalue weighted by Gasteiger charge is 2.31. The average Bonchev–Trinajstić information content (AvgIpc) is 2.99. The van der Waals surface area contributed by atoms with Crippen molar-refractivity contribution >= 4 is 27.5 Å². The van der Waals surface area contributed by atoms with Crippen molar-refractivity contribution in [3.05, 3.63) is 75.8 Å². The number of carbonyl (C=O) groups is 1. The summed E-state index contributed by atoms with van der Waals surface area (Å²) in [6.07, 6.45) is -4.78. The van der Waals surface area contributed by atoms with Crippen LogP contribution in [0.15, 0.2) is 53.0 Å². The molecule has 1 heterocycles. The first kappa shape index (κ1) is 20.8.